The van der Waals surface area contributed by atoms with E-state index in [1.54, 1.807) is 12.4 Å². The van der Waals surface area contributed by atoms with Gasteiger partial charge in [-0.05, 0) is 12.3 Å². The van der Waals surface area contributed by atoms with E-state index in [1.165, 1.54) is 0 Å². The molecule has 3 aromatic heterocycles. The van der Waals surface area contributed by atoms with Crippen LogP contribution in [-0.4, -0.2) is 15.0 Å². The number of benzene rings is 2. The fraction of sp³-hybridized carbons (Fsp3) is 0. The van der Waals surface area contributed by atoms with Gasteiger partial charge in [0.25, 0.3) is 0 Å². The van der Waals surface area contributed by atoms with Crippen LogP contribution in [0.15, 0.2) is 67.1 Å². The van der Waals surface area contributed by atoms with Crippen molar-refractivity contribution in [3.8, 4) is 11.3 Å². The van der Waals surface area contributed by atoms with E-state index >= 15 is 0 Å². The third-order valence-corrected chi connectivity index (χ3v) is 4.19. The van der Waals surface area contributed by atoms with Crippen molar-refractivity contribution in [3.05, 3.63) is 79.3 Å². The van der Waals surface area contributed by atoms with Gasteiger partial charge in [0.05, 0.1) is 5.52 Å². The Kier molecular flexibility index (Phi) is 4.28. The molecule has 0 bridgehead atoms. The number of rotatable bonds is 1. The predicted molar refractivity (Wildman–Crippen MR) is 95.5 cm³/mol. The first-order chi connectivity index (χ1) is 11.9. The zero-order valence-corrected chi connectivity index (χ0v) is 16.1. The molecule has 3 nitrogen and oxygen atoms in total. The van der Waals surface area contributed by atoms with Gasteiger partial charge < -0.3 is 4.98 Å². The Morgan fingerprint density at radius 3 is 2.60 bits per heavy atom. The van der Waals surface area contributed by atoms with Crippen molar-refractivity contribution in [1.29, 1.82) is 0 Å². The average molecular weight is 394 g/mol. The van der Waals surface area contributed by atoms with Crippen LogP contribution in [0.2, 0.25) is 0 Å². The summed E-state index contributed by atoms with van der Waals surface area (Å²) >= 11 is 0. The van der Waals surface area contributed by atoms with Gasteiger partial charge in [0.15, 0.2) is 0 Å². The summed E-state index contributed by atoms with van der Waals surface area (Å²) in [4.78, 5) is 13.5. The molecule has 5 rings (SSSR count). The van der Waals surface area contributed by atoms with Gasteiger partial charge in [-0.15, -0.1) is 17.1 Å². The molecule has 2 aromatic carbocycles. The van der Waals surface area contributed by atoms with E-state index < -0.39 is 0 Å². The summed E-state index contributed by atoms with van der Waals surface area (Å²) in [6, 6.07) is 22.6. The van der Waals surface area contributed by atoms with Gasteiger partial charge in [-0.25, -0.2) is 17.7 Å². The largest absolute Gasteiger partial charge is 0.333 e. The summed E-state index contributed by atoms with van der Waals surface area (Å²) in [7, 11) is 0. The van der Waals surface area contributed by atoms with E-state index in [9.17, 15) is 0 Å². The summed E-state index contributed by atoms with van der Waals surface area (Å²) in [6.07, 6.45) is 5.43. The minimum absolute atomic E-state index is 0. The van der Waals surface area contributed by atoms with Crippen molar-refractivity contribution in [2.45, 2.75) is 0 Å². The fourth-order valence-corrected chi connectivity index (χ4v) is 2.97. The van der Waals surface area contributed by atoms with E-state index in [0.717, 1.165) is 43.8 Å². The molecule has 5 aromatic rings. The van der Waals surface area contributed by atoms with Crippen molar-refractivity contribution in [1.82, 2.24) is 15.0 Å². The predicted octanol–water partition coefficient (Wildman–Crippen LogP) is 4.60. The molecule has 0 unspecified atom stereocenters. The molecule has 0 aliphatic rings. The normalized spacial score (nSPS) is 10.9. The SMILES string of the molecule is [Y].[c-]1cc2cnccc2cc1-c1[c-]cc2ccc3cccnc3c2n1. The molecule has 0 saturated heterocycles. The van der Waals surface area contributed by atoms with Gasteiger partial charge in [-0.3, -0.25) is 9.97 Å². The number of nitrogens with zero attached hydrogens (tertiary/aromatic N) is 3. The summed E-state index contributed by atoms with van der Waals surface area (Å²) in [5.41, 5.74) is 3.50. The molecule has 3 heterocycles. The number of hydrogen-bond donors (Lipinski definition) is 0. The second-order valence-electron chi connectivity index (χ2n) is 5.68. The molecule has 0 atom stereocenters. The number of fused-ring (bicyclic) bond motifs is 4. The van der Waals surface area contributed by atoms with Crippen LogP contribution < -0.4 is 0 Å². The van der Waals surface area contributed by atoms with Crippen molar-refractivity contribution < 1.29 is 32.7 Å². The van der Waals surface area contributed by atoms with Crippen LogP contribution in [-0.2, 0) is 32.7 Å². The van der Waals surface area contributed by atoms with Gasteiger partial charge in [0.2, 0.25) is 0 Å². The van der Waals surface area contributed by atoms with Crippen LogP contribution in [0.1, 0.15) is 0 Å². The molecule has 0 aliphatic carbocycles. The third-order valence-electron chi connectivity index (χ3n) is 4.19. The van der Waals surface area contributed by atoms with Gasteiger partial charge >= 0.3 is 0 Å². The van der Waals surface area contributed by atoms with Crippen LogP contribution >= 0.6 is 0 Å². The van der Waals surface area contributed by atoms with Crippen LogP contribution in [0.4, 0.5) is 0 Å². The minimum Gasteiger partial charge on any atom is -0.333 e. The molecule has 0 fully saturated rings. The number of pyridine rings is 3. The maximum absolute atomic E-state index is 4.82. The monoisotopic (exact) mass is 394 g/mol. The maximum Gasteiger partial charge on any atom is 0.0829 e. The number of hydrogen-bond acceptors (Lipinski definition) is 3. The van der Waals surface area contributed by atoms with Gasteiger partial charge in [0.1, 0.15) is 0 Å². The topological polar surface area (TPSA) is 38.7 Å². The quantitative estimate of drug-likeness (QED) is 0.308. The molecule has 0 N–H and O–H groups in total. The molecular weight excluding hydrogens is 383 g/mol. The standard InChI is InChI=1S/C21H11N3.Y/c1-2-14-3-4-15-7-8-19(24-21(15)20(14)23-10-1)17-5-6-18-13-22-11-9-16(18)12-17;/h1-4,6-7,9-13H;/q-2;. The van der Waals surface area contributed by atoms with Gasteiger partial charge in [0, 0.05) is 56.0 Å². The molecule has 0 aliphatic heterocycles. The molecule has 0 spiro atoms. The first kappa shape index (κ1) is 16.3. The Hall–Kier alpha value is -2.23. The first-order valence-corrected chi connectivity index (χ1v) is 7.70. The fourth-order valence-electron chi connectivity index (χ4n) is 2.97. The Balaban J connectivity index is 0.00000157. The molecular formula is C21H11N3Y-2. The maximum atomic E-state index is 4.82. The zero-order valence-electron chi connectivity index (χ0n) is 13.3. The van der Waals surface area contributed by atoms with Crippen LogP contribution in [0.3, 0.4) is 0 Å². The van der Waals surface area contributed by atoms with Crippen LogP contribution in [0.5, 0.6) is 0 Å². The Bertz CT molecular complexity index is 1220. The van der Waals surface area contributed by atoms with Crippen molar-refractivity contribution in [2.24, 2.45) is 0 Å². The van der Waals surface area contributed by atoms with Crippen molar-refractivity contribution in [3.63, 3.8) is 0 Å². The molecule has 4 heteroatoms. The average Bonchev–Trinajstić information content (AvgIpc) is 2.67. The van der Waals surface area contributed by atoms with Crippen molar-refractivity contribution >= 4 is 32.6 Å². The molecule has 0 saturated carbocycles. The summed E-state index contributed by atoms with van der Waals surface area (Å²) in [5.74, 6) is 0. The Morgan fingerprint density at radius 1 is 0.760 bits per heavy atom. The molecule has 25 heavy (non-hydrogen) atoms. The third kappa shape index (κ3) is 2.84. The zero-order chi connectivity index (χ0) is 15.9. The van der Waals surface area contributed by atoms with Crippen molar-refractivity contribution in [2.75, 3.05) is 0 Å². The number of aromatic nitrogens is 3. The molecule has 0 amide bonds. The van der Waals surface area contributed by atoms with E-state index in [-0.39, 0.29) is 32.7 Å². The Labute approximate surface area is 170 Å². The van der Waals surface area contributed by atoms with Gasteiger partial charge in [-0.1, -0.05) is 29.0 Å². The second-order valence-corrected chi connectivity index (χ2v) is 5.68. The summed E-state index contributed by atoms with van der Waals surface area (Å²) in [6.45, 7) is 0. The van der Waals surface area contributed by atoms with E-state index in [4.69, 9.17) is 4.98 Å². The minimum atomic E-state index is 0. The van der Waals surface area contributed by atoms with Gasteiger partial charge in [-0.2, -0.15) is 18.2 Å². The summed E-state index contributed by atoms with van der Waals surface area (Å²) < 4.78 is 0. The first-order valence-electron chi connectivity index (χ1n) is 7.70. The smallest absolute Gasteiger partial charge is 0.0829 e. The second kappa shape index (κ2) is 6.59. The molecule has 115 valence electrons. The summed E-state index contributed by atoms with van der Waals surface area (Å²) in [5, 5.41) is 4.30. The van der Waals surface area contributed by atoms with E-state index in [2.05, 4.69) is 46.4 Å². The van der Waals surface area contributed by atoms with E-state index in [0.29, 0.717) is 0 Å². The Morgan fingerprint density at radius 2 is 1.64 bits per heavy atom. The molecule has 1 radical (unpaired) electrons. The van der Waals surface area contributed by atoms with E-state index in [1.807, 2.05) is 30.5 Å². The van der Waals surface area contributed by atoms with Crippen LogP contribution in [0, 0.1) is 12.1 Å². The van der Waals surface area contributed by atoms with Crippen LogP contribution in [0.25, 0.3) is 43.8 Å².